The van der Waals surface area contributed by atoms with Crippen molar-refractivity contribution in [2.24, 2.45) is 5.92 Å². The molecule has 0 N–H and O–H groups in total. The Hall–Kier alpha value is -0.880. The van der Waals surface area contributed by atoms with E-state index in [0.29, 0.717) is 6.61 Å². The predicted molar refractivity (Wildman–Crippen MR) is 38.8 cm³/mol. The van der Waals surface area contributed by atoms with Gasteiger partial charge in [-0.2, -0.15) is 5.26 Å². The van der Waals surface area contributed by atoms with Gasteiger partial charge in [-0.15, -0.1) is 0 Å². The van der Waals surface area contributed by atoms with E-state index in [1.54, 1.807) is 0 Å². The molecule has 3 nitrogen and oxygen atoms in total. The van der Waals surface area contributed by atoms with Crippen molar-refractivity contribution in [2.45, 2.75) is 19.3 Å². The first-order chi connectivity index (χ1) is 5.34. The first kappa shape index (κ1) is 8.22. The zero-order valence-electron chi connectivity index (χ0n) is 6.38. The van der Waals surface area contributed by atoms with Gasteiger partial charge < -0.3 is 4.74 Å². The molecular weight excluding hydrogens is 142 g/mol. The van der Waals surface area contributed by atoms with E-state index in [4.69, 9.17) is 10.00 Å². The second kappa shape index (κ2) is 4.09. The van der Waals surface area contributed by atoms with Crippen LogP contribution in [-0.2, 0) is 9.53 Å². The normalized spacial score (nSPS) is 24.1. The van der Waals surface area contributed by atoms with E-state index >= 15 is 0 Å². The number of hydrogen-bond acceptors (Lipinski definition) is 3. The highest BCUT2D eigenvalue weighted by Crippen LogP contribution is 2.15. The molecule has 0 radical (unpaired) electrons. The number of carbonyl (C=O) groups excluding carboxylic acids is 1. The van der Waals surface area contributed by atoms with E-state index in [1.807, 2.05) is 6.07 Å². The van der Waals surface area contributed by atoms with Crippen molar-refractivity contribution in [1.29, 1.82) is 5.26 Å². The van der Waals surface area contributed by atoms with Crippen LogP contribution in [0.1, 0.15) is 19.3 Å². The second-order valence-corrected chi connectivity index (χ2v) is 2.72. The minimum atomic E-state index is -0.0107. The number of carbonyl (C=O) groups is 1. The average Bonchev–Trinajstić information content (AvgIpc) is 2.07. The molecule has 1 unspecified atom stereocenters. The maximum absolute atomic E-state index is 11.1. The average molecular weight is 153 g/mol. The van der Waals surface area contributed by atoms with E-state index in [9.17, 15) is 4.79 Å². The molecule has 0 spiro atoms. The highest BCUT2D eigenvalue weighted by molar-refractivity contribution is 5.83. The van der Waals surface area contributed by atoms with Gasteiger partial charge in [-0.1, -0.05) is 0 Å². The Morgan fingerprint density at radius 3 is 3.09 bits per heavy atom. The van der Waals surface area contributed by atoms with Crippen molar-refractivity contribution in [3.05, 3.63) is 0 Å². The fourth-order valence-corrected chi connectivity index (χ4v) is 1.22. The molecule has 0 bridgehead atoms. The van der Waals surface area contributed by atoms with Crippen LogP contribution in [-0.4, -0.2) is 19.0 Å². The Labute approximate surface area is 66.0 Å². The van der Waals surface area contributed by atoms with Gasteiger partial charge in [0.05, 0.1) is 19.1 Å². The van der Waals surface area contributed by atoms with Crippen LogP contribution < -0.4 is 0 Å². The van der Waals surface area contributed by atoms with E-state index < -0.39 is 0 Å². The molecule has 1 fully saturated rings. The van der Waals surface area contributed by atoms with E-state index in [1.165, 1.54) is 0 Å². The first-order valence-corrected chi connectivity index (χ1v) is 3.82. The third-order valence-electron chi connectivity index (χ3n) is 1.87. The first-order valence-electron chi connectivity index (χ1n) is 3.82. The van der Waals surface area contributed by atoms with Crippen molar-refractivity contribution >= 4 is 5.78 Å². The standard InChI is InChI=1S/C8H11NO2/c9-4-3-8(10)7-2-1-5-11-6-7/h7H,1-3,5-6H2. The second-order valence-electron chi connectivity index (χ2n) is 2.72. The van der Waals surface area contributed by atoms with Crippen LogP contribution in [0.5, 0.6) is 0 Å². The summed E-state index contributed by atoms with van der Waals surface area (Å²) in [6, 6.07) is 1.86. The van der Waals surface area contributed by atoms with Crippen molar-refractivity contribution in [2.75, 3.05) is 13.2 Å². The Morgan fingerprint density at radius 2 is 2.55 bits per heavy atom. The van der Waals surface area contributed by atoms with E-state index in [0.717, 1.165) is 19.4 Å². The molecule has 1 heterocycles. The zero-order valence-corrected chi connectivity index (χ0v) is 6.38. The highest BCUT2D eigenvalue weighted by Gasteiger charge is 2.20. The third-order valence-corrected chi connectivity index (χ3v) is 1.87. The molecule has 1 rings (SSSR count). The molecule has 0 aliphatic carbocycles. The molecule has 0 aromatic carbocycles. The maximum atomic E-state index is 11.1. The number of rotatable bonds is 2. The number of nitrogens with zero attached hydrogens (tertiary/aromatic N) is 1. The van der Waals surface area contributed by atoms with Gasteiger partial charge in [0.2, 0.25) is 0 Å². The summed E-state index contributed by atoms with van der Waals surface area (Å²) in [4.78, 5) is 11.1. The lowest BCUT2D eigenvalue weighted by atomic mass is 9.96. The minimum absolute atomic E-state index is 0.0107. The summed E-state index contributed by atoms with van der Waals surface area (Å²) in [5.74, 6) is 0.0237. The topological polar surface area (TPSA) is 50.1 Å². The van der Waals surface area contributed by atoms with Gasteiger partial charge in [0.1, 0.15) is 0 Å². The number of hydrogen-bond donors (Lipinski definition) is 0. The van der Waals surface area contributed by atoms with Gasteiger partial charge in [0.15, 0.2) is 5.78 Å². The molecule has 1 saturated heterocycles. The van der Waals surface area contributed by atoms with Gasteiger partial charge in [-0.05, 0) is 12.8 Å². The summed E-state index contributed by atoms with van der Waals surface area (Å²) in [6.45, 7) is 1.27. The Morgan fingerprint density at radius 1 is 1.73 bits per heavy atom. The Kier molecular flexibility index (Phi) is 3.06. The molecule has 1 aliphatic rings. The molecule has 1 atom stereocenters. The molecule has 11 heavy (non-hydrogen) atoms. The Bertz CT molecular complexity index is 177. The molecule has 1 aliphatic heterocycles. The maximum Gasteiger partial charge on any atom is 0.152 e. The van der Waals surface area contributed by atoms with Crippen LogP contribution in [0, 0.1) is 17.2 Å². The monoisotopic (exact) mass is 153 g/mol. The van der Waals surface area contributed by atoms with Crippen LogP contribution in [0.3, 0.4) is 0 Å². The predicted octanol–water partition coefficient (Wildman–Crippen LogP) is 0.896. The molecule has 60 valence electrons. The molecule has 0 aromatic rings. The lowest BCUT2D eigenvalue weighted by Gasteiger charge is -2.19. The lowest BCUT2D eigenvalue weighted by molar-refractivity contribution is -0.125. The molecule has 0 aromatic heterocycles. The fraction of sp³-hybridized carbons (Fsp3) is 0.750. The van der Waals surface area contributed by atoms with E-state index in [2.05, 4.69) is 0 Å². The largest absolute Gasteiger partial charge is 0.381 e. The minimum Gasteiger partial charge on any atom is -0.381 e. The summed E-state index contributed by atoms with van der Waals surface area (Å²) in [6.07, 6.45) is 1.87. The van der Waals surface area contributed by atoms with Gasteiger partial charge in [-0.3, -0.25) is 4.79 Å². The molecular formula is C8H11NO2. The van der Waals surface area contributed by atoms with Crippen LogP contribution >= 0.6 is 0 Å². The van der Waals surface area contributed by atoms with Crippen LogP contribution in [0.4, 0.5) is 0 Å². The third kappa shape index (κ3) is 2.32. The molecule has 0 amide bonds. The lowest BCUT2D eigenvalue weighted by Crippen LogP contribution is -2.24. The number of ether oxygens (including phenoxy) is 1. The summed E-state index contributed by atoms with van der Waals surface area (Å²) in [5, 5.41) is 8.26. The molecule has 0 saturated carbocycles. The number of Topliss-reactive ketones (excluding diaryl/α,β-unsaturated/α-hetero) is 1. The van der Waals surface area contributed by atoms with Crippen molar-refractivity contribution in [1.82, 2.24) is 0 Å². The summed E-state index contributed by atoms with van der Waals surface area (Å²) in [5.41, 5.74) is 0. The van der Waals surface area contributed by atoms with Gasteiger partial charge >= 0.3 is 0 Å². The van der Waals surface area contributed by atoms with Gasteiger partial charge in [-0.25, -0.2) is 0 Å². The fourth-order valence-electron chi connectivity index (χ4n) is 1.22. The quantitative estimate of drug-likeness (QED) is 0.592. The van der Waals surface area contributed by atoms with Crippen LogP contribution in [0.15, 0.2) is 0 Å². The van der Waals surface area contributed by atoms with Crippen molar-refractivity contribution in [3.8, 4) is 6.07 Å². The number of ketones is 1. The summed E-state index contributed by atoms with van der Waals surface area (Å²) in [7, 11) is 0. The summed E-state index contributed by atoms with van der Waals surface area (Å²) >= 11 is 0. The van der Waals surface area contributed by atoms with Gasteiger partial charge in [0, 0.05) is 12.5 Å². The van der Waals surface area contributed by atoms with Gasteiger partial charge in [0.25, 0.3) is 0 Å². The van der Waals surface area contributed by atoms with E-state index in [-0.39, 0.29) is 18.1 Å². The highest BCUT2D eigenvalue weighted by atomic mass is 16.5. The smallest absolute Gasteiger partial charge is 0.152 e. The zero-order chi connectivity index (χ0) is 8.10. The number of nitriles is 1. The van der Waals surface area contributed by atoms with Crippen LogP contribution in [0.25, 0.3) is 0 Å². The molecule has 3 heteroatoms. The SMILES string of the molecule is N#CCC(=O)C1CCCOC1. The summed E-state index contributed by atoms with van der Waals surface area (Å²) < 4.78 is 5.12. The van der Waals surface area contributed by atoms with Crippen molar-refractivity contribution < 1.29 is 9.53 Å². The van der Waals surface area contributed by atoms with Crippen molar-refractivity contribution in [3.63, 3.8) is 0 Å². The Balaban J connectivity index is 2.34. The van der Waals surface area contributed by atoms with Crippen LogP contribution in [0.2, 0.25) is 0 Å².